The quantitative estimate of drug-likeness (QED) is 0.869. The second-order valence-corrected chi connectivity index (χ2v) is 5.84. The van der Waals surface area contributed by atoms with Crippen LogP contribution in [0, 0.1) is 0 Å². The number of amides is 2. The van der Waals surface area contributed by atoms with E-state index in [1.165, 1.54) is 6.92 Å². The molecule has 2 aromatic rings. The molecule has 0 aliphatic carbocycles. The minimum absolute atomic E-state index is 0.116. The Balaban J connectivity index is 1.98. The van der Waals surface area contributed by atoms with Gasteiger partial charge in [0.25, 0.3) is 0 Å². The molecule has 0 saturated heterocycles. The molecule has 4 nitrogen and oxygen atoms in total. The van der Waals surface area contributed by atoms with Crippen LogP contribution in [0.15, 0.2) is 48.5 Å². The van der Waals surface area contributed by atoms with Crippen LogP contribution in [0.25, 0.3) is 0 Å². The van der Waals surface area contributed by atoms with Crippen LogP contribution < -0.4 is 10.2 Å². The highest BCUT2D eigenvalue weighted by Gasteiger charge is 2.13. The van der Waals surface area contributed by atoms with Gasteiger partial charge in [0, 0.05) is 41.3 Å². The van der Waals surface area contributed by atoms with Crippen molar-refractivity contribution in [3.05, 3.63) is 58.6 Å². The summed E-state index contributed by atoms with van der Waals surface area (Å²) >= 11 is 11.8. The molecule has 0 fully saturated rings. The topological polar surface area (TPSA) is 49.4 Å². The summed E-state index contributed by atoms with van der Waals surface area (Å²) in [5.74, 6) is -0.333. The first-order valence-corrected chi connectivity index (χ1v) is 7.80. The van der Waals surface area contributed by atoms with Gasteiger partial charge in [0.05, 0.1) is 0 Å². The smallest absolute Gasteiger partial charge is 0.226 e. The summed E-state index contributed by atoms with van der Waals surface area (Å²) in [5.41, 5.74) is 1.29. The van der Waals surface area contributed by atoms with Crippen molar-refractivity contribution in [2.45, 2.75) is 13.3 Å². The van der Waals surface area contributed by atoms with E-state index in [9.17, 15) is 9.59 Å². The van der Waals surface area contributed by atoms with Crippen LogP contribution in [0.3, 0.4) is 0 Å². The van der Waals surface area contributed by atoms with Crippen LogP contribution >= 0.6 is 23.2 Å². The molecule has 0 aromatic heterocycles. The monoisotopic (exact) mass is 350 g/mol. The number of carbonyl (C=O) groups is 2. The molecule has 1 N–H and O–H groups in total. The van der Waals surface area contributed by atoms with Gasteiger partial charge in [-0.05, 0) is 30.3 Å². The van der Waals surface area contributed by atoms with Crippen LogP contribution in [0.5, 0.6) is 0 Å². The van der Waals surface area contributed by atoms with Crippen molar-refractivity contribution in [2.24, 2.45) is 0 Å². The van der Waals surface area contributed by atoms with E-state index >= 15 is 0 Å². The lowest BCUT2D eigenvalue weighted by molar-refractivity contribution is -0.117. The highest BCUT2D eigenvalue weighted by molar-refractivity contribution is 6.35. The summed E-state index contributed by atoms with van der Waals surface area (Å²) in [6, 6.07) is 14.0. The number of rotatable bonds is 5. The number of carbonyl (C=O) groups excluding carboxylic acids is 2. The van der Waals surface area contributed by atoms with Gasteiger partial charge in [0.1, 0.15) is 0 Å². The first-order valence-electron chi connectivity index (χ1n) is 7.05. The molecule has 120 valence electrons. The van der Waals surface area contributed by atoms with Gasteiger partial charge in [-0.1, -0.05) is 41.4 Å². The lowest BCUT2D eigenvalue weighted by atomic mass is 10.2. The molecule has 0 radical (unpaired) electrons. The first kappa shape index (κ1) is 17.3. The summed E-state index contributed by atoms with van der Waals surface area (Å²) < 4.78 is 0. The standard InChI is InChI=1S/C17H16Cl2N2O2/c1-12(22)21(16-5-3-2-4-6-16)8-7-17(23)20-15-10-13(18)9-14(19)11-15/h2-6,9-11H,7-8H2,1H3,(H,20,23). The van der Waals surface area contributed by atoms with Crippen molar-refractivity contribution in [3.8, 4) is 0 Å². The Morgan fingerprint density at radius 2 is 1.65 bits per heavy atom. The van der Waals surface area contributed by atoms with Crippen molar-refractivity contribution < 1.29 is 9.59 Å². The second kappa shape index (κ2) is 7.99. The minimum Gasteiger partial charge on any atom is -0.326 e. The summed E-state index contributed by atoms with van der Waals surface area (Å²) in [6.45, 7) is 1.77. The van der Waals surface area contributed by atoms with E-state index in [1.807, 2.05) is 30.3 Å². The van der Waals surface area contributed by atoms with E-state index in [4.69, 9.17) is 23.2 Å². The Hall–Kier alpha value is -2.04. The van der Waals surface area contributed by atoms with Crippen LogP contribution in [-0.4, -0.2) is 18.4 Å². The fourth-order valence-electron chi connectivity index (χ4n) is 2.14. The number of benzene rings is 2. The molecule has 2 aromatic carbocycles. The van der Waals surface area contributed by atoms with Gasteiger partial charge in [0.15, 0.2) is 0 Å². The van der Waals surface area contributed by atoms with Crippen LogP contribution in [-0.2, 0) is 9.59 Å². The molecule has 0 bridgehead atoms. The van der Waals surface area contributed by atoms with Gasteiger partial charge in [-0.15, -0.1) is 0 Å². The molecule has 0 saturated carbocycles. The average molecular weight is 351 g/mol. The van der Waals surface area contributed by atoms with E-state index in [-0.39, 0.29) is 18.2 Å². The van der Waals surface area contributed by atoms with E-state index in [2.05, 4.69) is 5.32 Å². The largest absolute Gasteiger partial charge is 0.326 e. The Bertz CT molecular complexity index is 685. The Morgan fingerprint density at radius 3 is 2.22 bits per heavy atom. The number of para-hydroxylation sites is 1. The van der Waals surface area contributed by atoms with Gasteiger partial charge >= 0.3 is 0 Å². The van der Waals surface area contributed by atoms with Crippen molar-refractivity contribution in [3.63, 3.8) is 0 Å². The molecular formula is C17H16Cl2N2O2. The first-order chi connectivity index (χ1) is 11.0. The van der Waals surface area contributed by atoms with E-state index in [0.717, 1.165) is 5.69 Å². The Kier molecular flexibility index (Phi) is 6.02. The van der Waals surface area contributed by atoms with Gasteiger partial charge < -0.3 is 10.2 Å². The molecular weight excluding hydrogens is 335 g/mol. The van der Waals surface area contributed by atoms with Gasteiger partial charge in [-0.3, -0.25) is 9.59 Å². The van der Waals surface area contributed by atoms with Crippen molar-refractivity contribution in [1.29, 1.82) is 0 Å². The zero-order valence-electron chi connectivity index (χ0n) is 12.6. The highest BCUT2D eigenvalue weighted by atomic mass is 35.5. The summed E-state index contributed by atoms with van der Waals surface area (Å²) in [4.78, 5) is 25.4. The Labute approximate surface area is 145 Å². The number of nitrogens with one attached hydrogen (secondary N) is 1. The molecule has 0 spiro atoms. The number of halogens is 2. The number of nitrogens with zero attached hydrogens (tertiary/aromatic N) is 1. The average Bonchev–Trinajstić information content (AvgIpc) is 2.47. The maximum atomic E-state index is 12.1. The fraction of sp³-hybridized carbons (Fsp3) is 0.176. The number of anilines is 2. The molecule has 0 atom stereocenters. The maximum Gasteiger partial charge on any atom is 0.226 e. The zero-order chi connectivity index (χ0) is 16.8. The molecule has 23 heavy (non-hydrogen) atoms. The van der Waals surface area contributed by atoms with Crippen LogP contribution in [0.1, 0.15) is 13.3 Å². The lowest BCUT2D eigenvalue weighted by Crippen LogP contribution is -2.31. The van der Waals surface area contributed by atoms with Crippen molar-refractivity contribution in [2.75, 3.05) is 16.8 Å². The molecule has 2 amide bonds. The fourth-order valence-corrected chi connectivity index (χ4v) is 2.67. The minimum atomic E-state index is -0.217. The predicted octanol–water partition coefficient (Wildman–Crippen LogP) is 4.38. The summed E-state index contributed by atoms with van der Waals surface area (Å²) in [7, 11) is 0. The lowest BCUT2D eigenvalue weighted by Gasteiger charge is -2.20. The van der Waals surface area contributed by atoms with E-state index < -0.39 is 0 Å². The highest BCUT2D eigenvalue weighted by Crippen LogP contribution is 2.22. The third-order valence-corrected chi connectivity index (χ3v) is 3.59. The van der Waals surface area contributed by atoms with E-state index in [1.54, 1.807) is 23.1 Å². The normalized spacial score (nSPS) is 10.2. The third kappa shape index (κ3) is 5.27. The number of hydrogen-bond acceptors (Lipinski definition) is 2. The summed E-state index contributed by atoms with van der Waals surface area (Å²) in [5, 5.41) is 3.62. The summed E-state index contributed by atoms with van der Waals surface area (Å²) in [6.07, 6.45) is 0.165. The molecule has 0 unspecified atom stereocenters. The van der Waals surface area contributed by atoms with Crippen molar-refractivity contribution >= 4 is 46.4 Å². The second-order valence-electron chi connectivity index (χ2n) is 4.96. The van der Waals surface area contributed by atoms with Gasteiger partial charge in [-0.25, -0.2) is 0 Å². The maximum absolute atomic E-state index is 12.1. The van der Waals surface area contributed by atoms with Gasteiger partial charge in [0.2, 0.25) is 11.8 Å². The van der Waals surface area contributed by atoms with Crippen LogP contribution in [0.4, 0.5) is 11.4 Å². The van der Waals surface area contributed by atoms with E-state index in [0.29, 0.717) is 22.3 Å². The molecule has 0 aliphatic rings. The SMILES string of the molecule is CC(=O)N(CCC(=O)Nc1cc(Cl)cc(Cl)c1)c1ccccc1. The molecule has 2 rings (SSSR count). The number of hydrogen-bond donors (Lipinski definition) is 1. The molecule has 6 heteroatoms. The van der Waals surface area contributed by atoms with Crippen LogP contribution in [0.2, 0.25) is 10.0 Å². The zero-order valence-corrected chi connectivity index (χ0v) is 14.1. The molecule has 0 heterocycles. The third-order valence-electron chi connectivity index (χ3n) is 3.16. The van der Waals surface area contributed by atoms with Crippen molar-refractivity contribution in [1.82, 2.24) is 0 Å². The molecule has 0 aliphatic heterocycles. The Morgan fingerprint density at radius 1 is 1.04 bits per heavy atom. The van der Waals surface area contributed by atoms with Gasteiger partial charge in [-0.2, -0.15) is 0 Å². The predicted molar refractivity (Wildman–Crippen MR) is 94.2 cm³/mol.